The summed E-state index contributed by atoms with van der Waals surface area (Å²) >= 11 is 0. The number of nitrogens with one attached hydrogen (secondary N) is 1. The second-order valence-corrected chi connectivity index (χ2v) is 3.26. The van der Waals surface area contributed by atoms with E-state index in [0.717, 1.165) is 13.2 Å². The van der Waals surface area contributed by atoms with Crippen LogP contribution in [0.4, 0.5) is 0 Å². The van der Waals surface area contributed by atoms with Gasteiger partial charge in [0.2, 0.25) is 0 Å². The van der Waals surface area contributed by atoms with Crippen LogP contribution in [0.3, 0.4) is 0 Å². The van der Waals surface area contributed by atoms with Crippen molar-refractivity contribution < 1.29 is 14.2 Å². The zero-order valence-corrected chi connectivity index (χ0v) is 10.4. The lowest BCUT2D eigenvalue weighted by molar-refractivity contribution is -0.133. The van der Waals surface area contributed by atoms with E-state index in [2.05, 4.69) is 5.32 Å². The van der Waals surface area contributed by atoms with Gasteiger partial charge in [0.25, 0.3) is 0 Å². The van der Waals surface area contributed by atoms with Gasteiger partial charge in [-0.2, -0.15) is 0 Å². The van der Waals surface area contributed by atoms with Gasteiger partial charge in [-0.25, -0.2) is 0 Å². The molecule has 0 amide bonds. The Morgan fingerprint density at radius 2 is 1.40 bits per heavy atom. The maximum absolute atomic E-state index is 5.40. The minimum absolute atomic E-state index is 0.145. The second kappa shape index (κ2) is 10.4. The number of rotatable bonds is 10. The summed E-state index contributed by atoms with van der Waals surface area (Å²) in [6, 6.07) is 0. The normalized spacial score (nSPS) is 13.4. The van der Waals surface area contributed by atoms with Gasteiger partial charge in [0.05, 0.1) is 6.10 Å². The van der Waals surface area contributed by atoms with E-state index in [1.54, 1.807) is 0 Å². The fourth-order valence-corrected chi connectivity index (χ4v) is 1.29. The molecule has 0 radical (unpaired) electrons. The zero-order valence-electron chi connectivity index (χ0n) is 10.4. The summed E-state index contributed by atoms with van der Waals surface area (Å²) in [5.74, 6) is 0. The largest absolute Gasteiger partial charge is 0.377 e. The van der Waals surface area contributed by atoms with Crippen LogP contribution < -0.4 is 5.32 Å². The minimum Gasteiger partial charge on any atom is -0.377 e. The van der Waals surface area contributed by atoms with Crippen molar-refractivity contribution in [3.8, 4) is 0 Å². The van der Waals surface area contributed by atoms with Crippen LogP contribution in [0.25, 0.3) is 0 Å². The molecule has 4 nitrogen and oxygen atoms in total. The first-order chi connectivity index (χ1) is 7.24. The molecule has 0 rings (SSSR count). The van der Waals surface area contributed by atoms with E-state index in [9.17, 15) is 0 Å². The maximum atomic E-state index is 5.40. The molecule has 0 bridgehead atoms. The smallest absolute Gasteiger partial charge is 0.169 e. The highest BCUT2D eigenvalue weighted by Crippen LogP contribution is 1.94. The average molecular weight is 219 g/mol. The Balaban J connectivity index is 3.51. The Bertz CT molecular complexity index is 127. The monoisotopic (exact) mass is 219 g/mol. The van der Waals surface area contributed by atoms with Gasteiger partial charge >= 0.3 is 0 Å². The Morgan fingerprint density at radius 1 is 0.867 bits per heavy atom. The van der Waals surface area contributed by atoms with Crippen molar-refractivity contribution in [2.24, 2.45) is 0 Å². The van der Waals surface area contributed by atoms with Gasteiger partial charge in [0.1, 0.15) is 0 Å². The van der Waals surface area contributed by atoms with Gasteiger partial charge < -0.3 is 19.5 Å². The molecule has 15 heavy (non-hydrogen) atoms. The van der Waals surface area contributed by atoms with Crippen molar-refractivity contribution in [1.29, 1.82) is 0 Å². The van der Waals surface area contributed by atoms with Crippen LogP contribution in [0, 0.1) is 0 Å². The summed E-state index contributed by atoms with van der Waals surface area (Å²) in [5.41, 5.74) is 0. The highest BCUT2D eigenvalue weighted by Gasteiger charge is 2.08. The van der Waals surface area contributed by atoms with Gasteiger partial charge in [0.15, 0.2) is 6.29 Å². The molecule has 0 spiro atoms. The molecule has 0 aliphatic heterocycles. The van der Waals surface area contributed by atoms with Crippen LogP contribution in [-0.4, -0.2) is 45.3 Å². The Labute approximate surface area is 93.3 Å². The molecule has 0 aromatic rings. The summed E-state index contributed by atoms with van der Waals surface area (Å²) in [6.45, 7) is 11.6. The van der Waals surface area contributed by atoms with Crippen LogP contribution in [0.1, 0.15) is 27.7 Å². The molecule has 4 heteroatoms. The standard InChI is InChI=1S/C11H25NO3/c1-5-13-10(4)8-12-9-11(14-6-2)15-7-3/h10-12H,5-9H2,1-4H3. The molecule has 0 saturated heterocycles. The van der Waals surface area contributed by atoms with Crippen LogP contribution in [-0.2, 0) is 14.2 Å². The quantitative estimate of drug-likeness (QED) is 0.564. The summed E-state index contributed by atoms with van der Waals surface area (Å²) < 4.78 is 16.2. The van der Waals surface area contributed by atoms with Crippen LogP contribution >= 0.6 is 0 Å². The lowest BCUT2D eigenvalue weighted by Crippen LogP contribution is -2.36. The summed E-state index contributed by atoms with van der Waals surface area (Å²) in [6.07, 6.45) is 0.0905. The van der Waals surface area contributed by atoms with E-state index in [1.807, 2.05) is 27.7 Å². The van der Waals surface area contributed by atoms with Gasteiger partial charge in [-0.3, -0.25) is 0 Å². The maximum Gasteiger partial charge on any atom is 0.169 e. The van der Waals surface area contributed by atoms with Gasteiger partial charge in [-0.05, 0) is 27.7 Å². The molecule has 0 heterocycles. The molecule has 0 aromatic heterocycles. The van der Waals surface area contributed by atoms with E-state index in [4.69, 9.17) is 14.2 Å². The molecule has 0 aliphatic carbocycles. The van der Waals surface area contributed by atoms with Crippen molar-refractivity contribution in [3.05, 3.63) is 0 Å². The molecule has 1 unspecified atom stereocenters. The molecular weight excluding hydrogens is 194 g/mol. The number of hydrogen-bond acceptors (Lipinski definition) is 4. The van der Waals surface area contributed by atoms with Gasteiger partial charge in [0, 0.05) is 32.9 Å². The zero-order chi connectivity index (χ0) is 11.5. The topological polar surface area (TPSA) is 39.7 Å². The first kappa shape index (κ1) is 14.8. The minimum atomic E-state index is -0.145. The molecule has 0 aliphatic rings. The molecule has 0 saturated carbocycles. The number of hydrogen-bond donors (Lipinski definition) is 1. The fourth-order valence-electron chi connectivity index (χ4n) is 1.29. The Kier molecular flexibility index (Phi) is 10.3. The number of ether oxygens (including phenoxy) is 3. The molecule has 1 atom stereocenters. The first-order valence-electron chi connectivity index (χ1n) is 5.80. The van der Waals surface area contributed by atoms with E-state index >= 15 is 0 Å². The van der Waals surface area contributed by atoms with E-state index in [0.29, 0.717) is 19.8 Å². The summed E-state index contributed by atoms with van der Waals surface area (Å²) in [4.78, 5) is 0. The molecule has 0 fully saturated rings. The summed E-state index contributed by atoms with van der Waals surface area (Å²) in [7, 11) is 0. The lowest BCUT2D eigenvalue weighted by Gasteiger charge is -2.19. The fraction of sp³-hybridized carbons (Fsp3) is 1.00. The predicted molar refractivity (Wildman–Crippen MR) is 61.0 cm³/mol. The predicted octanol–water partition coefficient (Wildman–Crippen LogP) is 1.40. The molecule has 0 aromatic carbocycles. The van der Waals surface area contributed by atoms with Gasteiger partial charge in [-0.15, -0.1) is 0 Å². The third-order valence-corrected chi connectivity index (χ3v) is 1.90. The third-order valence-electron chi connectivity index (χ3n) is 1.90. The highest BCUT2D eigenvalue weighted by molar-refractivity contribution is 4.57. The molecular formula is C11H25NO3. The van der Waals surface area contributed by atoms with E-state index in [-0.39, 0.29) is 12.4 Å². The van der Waals surface area contributed by atoms with Crippen LogP contribution in [0.2, 0.25) is 0 Å². The highest BCUT2D eigenvalue weighted by atomic mass is 16.7. The third kappa shape index (κ3) is 8.81. The second-order valence-electron chi connectivity index (χ2n) is 3.26. The molecule has 1 N–H and O–H groups in total. The SMILES string of the molecule is CCOC(C)CNCC(OCC)OCC. The Morgan fingerprint density at radius 3 is 1.87 bits per heavy atom. The molecule has 92 valence electrons. The average Bonchev–Trinajstić information content (AvgIpc) is 2.19. The van der Waals surface area contributed by atoms with Crippen molar-refractivity contribution in [1.82, 2.24) is 5.32 Å². The van der Waals surface area contributed by atoms with Crippen molar-refractivity contribution in [2.75, 3.05) is 32.9 Å². The Hall–Kier alpha value is -0.160. The van der Waals surface area contributed by atoms with Crippen LogP contribution in [0.5, 0.6) is 0 Å². The lowest BCUT2D eigenvalue weighted by atomic mass is 10.4. The van der Waals surface area contributed by atoms with Crippen molar-refractivity contribution in [2.45, 2.75) is 40.1 Å². The summed E-state index contributed by atoms with van der Waals surface area (Å²) in [5, 5.41) is 3.26. The van der Waals surface area contributed by atoms with E-state index < -0.39 is 0 Å². The van der Waals surface area contributed by atoms with Crippen LogP contribution in [0.15, 0.2) is 0 Å². The first-order valence-corrected chi connectivity index (χ1v) is 5.80. The van der Waals surface area contributed by atoms with E-state index in [1.165, 1.54) is 0 Å². The van der Waals surface area contributed by atoms with Crippen molar-refractivity contribution in [3.63, 3.8) is 0 Å². The van der Waals surface area contributed by atoms with Gasteiger partial charge in [-0.1, -0.05) is 0 Å². The van der Waals surface area contributed by atoms with Crippen molar-refractivity contribution >= 4 is 0 Å².